The van der Waals surface area contributed by atoms with Crippen molar-refractivity contribution in [2.75, 3.05) is 0 Å². The first-order valence-electron chi connectivity index (χ1n) is 3.66. The highest BCUT2D eigenvalue weighted by Gasteiger charge is 2.89. The highest BCUT2D eigenvalue weighted by molar-refractivity contribution is 4.99. The molecule has 0 aromatic heterocycles. The van der Waals surface area contributed by atoms with Crippen molar-refractivity contribution in [1.29, 1.82) is 0 Å². The molecule has 1 rings (SSSR count). The second-order valence-electron chi connectivity index (χ2n) is 3.08. The van der Waals surface area contributed by atoms with Gasteiger partial charge < -0.3 is 0 Å². The summed E-state index contributed by atoms with van der Waals surface area (Å²) in [4.78, 5) is 0. The van der Waals surface area contributed by atoms with Crippen LogP contribution in [0, 0.1) is 0 Å². The summed E-state index contributed by atoms with van der Waals surface area (Å²) in [6, 6.07) is -13.2. The average molecular weight is 299 g/mol. The van der Waals surface area contributed by atoms with Gasteiger partial charge in [0.1, 0.15) is 0 Å². The molecule has 13 heteroatoms. The molecule has 0 saturated carbocycles. The van der Waals surface area contributed by atoms with Gasteiger partial charge in [-0.2, -0.15) is 43.9 Å². The van der Waals surface area contributed by atoms with Crippen molar-refractivity contribution in [2.45, 2.75) is 30.2 Å². The largest absolute Gasteiger partial charge is 0.456 e. The highest BCUT2D eigenvalue weighted by atomic mass is 19.4. The van der Waals surface area contributed by atoms with Gasteiger partial charge in [0.05, 0.1) is 0 Å². The number of ether oxygens (including phenoxy) is 1. The predicted molar refractivity (Wildman–Crippen MR) is 28.8 cm³/mol. The monoisotopic (exact) mass is 299 g/mol. The number of halogens is 11. The molecule has 1 unspecified atom stereocenters. The Balaban J connectivity index is 3.44. The maximum atomic E-state index is 12.8. The molecule has 1 atom stereocenters. The minimum Gasteiger partial charge on any atom is -0.262 e. The summed E-state index contributed by atoms with van der Waals surface area (Å²) in [6.45, 7) is 0. The molecule has 0 aliphatic carbocycles. The van der Waals surface area contributed by atoms with Crippen LogP contribution in [0.15, 0.2) is 0 Å². The van der Waals surface area contributed by atoms with Gasteiger partial charge in [-0.3, -0.25) is 4.74 Å². The number of rotatable bonds is 0. The lowest BCUT2D eigenvalue weighted by atomic mass is 10.2. The molecule has 1 aliphatic rings. The van der Waals surface area contributed by atoms with E-state index in [0.29, 0.717) is 0 Å². The van der Waals surface area contributed by atoms with Crippen LogP contribution in [0.3, 0.4) is 0 Å². The summed E-state index contributed by atoms with van der Waals surface area (Å²) in [5.74, 6) is -6.64. The van der Waals surface area contributed by atoms with E-state index in [9.17, 15) is 48.4 Å². The maximum absolute atomic E-state index is 12.8. The van der Waals surface area contributed by atoms with Gasteiger partial charge in [-0.25, -0.2) is 0 Å². The molecule has 1 aliphatic heterocycles. The number of nitrogens with zero attached hydrogens (tertiary/aromatic N) is 1. The van der Waals surface area contributed by atoms with Crippen LogP contribution in [-0.4, -0.2) is 35.4 Å². The zero-order valence-electron chi connectivity index (χ0n) is 7.51. The van der Waals surface area contributed by atoms with E-state index >= 15 is 0 Å². The Bertz CT molecular complexity index is 350. The third kappa shape index (κ3) is 1.56. The molecule has 2 nitrogen and oxygen atoms in total. The summed E-state index contributed by atoms with van der Waals surface area (Å²) < 4.78 is 136. The Labute approximate surface area is 89.8 Å². The van der Waals surface area contributed by atoms with Crippen molar-refractivity contribution < 1.29 is 53.1 Å². The smallest absolute Gasteiger partial charge is 0.262 e. The van der Waals surface area contributed by atoms with Gasteiger partial charge in [-0.15, -0.1) is 4.48 Å². The Morgan fingerprint density at radius 1 is 0.778 bits per heavy atom. The zero-order valence-corrected chi connectivity index (χ0v) is 7.51. The average Bonchev–Trinajstić information content (AvgIpc) is 2.11. The molecule has 0 amide bonds. The van der Waals surface area contributed by atoms with Crippen molar-refractivity contribution in [3.05, 3.63) is 0 Å². The topological polar surface area (TPSA) is 12.5 Å². The van der Waals surface area contributed by atoms with Crippen molar-refractivity contribution in [3.63, 3.8) is 0 Å². The summed E-state index contributed by atoms with van der Waals surface area (Å²) in [5.41, 5.74) is 0. The molecule has 0 N–H and O–H groups in total. The van der Waals surface area contributed by atoms with Crippen LogP contribution in [0.2, 0.25) is 0 Å². The van der Waals surface area contributed by atoms with E-state index < -0.39 is 35.4 Å². The molecule has 0 bridgehead atoms. The number of hydrogen-bond acceptors (Lipinski definition) is 2. The molecule has 0 aromatic carbocycles. The van der Waals surface area contributed by atoms with Crippen molar-refractivity contribution >= 4 is 0 Å². The summed E-state index contributed by atoms with van der Waals surface area (Å²) >= 11 is 0. The van der Waals surface area contributed by atoms with Gasteiger partial charge in [0, 0.05) is 0 Å². The van der Waals surface area contributed by atoms with Crippen LogP contribution >= 0.6 is 0 Å². The predicted octanol–water partition coefficient (Wildman–Crippen LogP) is 3.21. The Hall–Kier alpha value is -0.850. The normalized spacial score (nSPS) is 35.5. The van der Waals surface area contributed by atoms with Crippen LogP contribution < -0.4 is 0 Å². The van der Waals surface area contributed by atoms with Crippen LogP contribution in [0.4, 0.5) is 48.4 Å². The van der Waals surface area contributed by atoms with E-state index in [1.165, 1.54) is 0 Å². The number of hydrogen-bond donors (Lipinski definition) is 0. The van der Waals surface area contributed by atoms with E-state index in [0.717, 1.165) is 0 Å². The van der Waals surface area contributed by atoms with Gasteiger partial charge in [-0.05, 0) is 5.12 Å². The molecular weight excluding hydrogens is 299 g/mol. The van der Waals surface area contributed by atoms with Crippen LogP contribution in [0.5, 0.6) is 0 Å². The summed E-state index contributed by atoms with van der Waals surface area (Å²) in [7, 11) is 0. The lowest BCUT2D eigenvalue weighted by Crippen LogP contribution is -2.76. The molecule has 0 spiro atoms. The standard InChI is InChI=1S/C5F11NO/c6-1(2(7,8)9)3(10,11)17(16)4(12,13)5(14,15)18-1. The summed E-state index contributed by atoms with van der Waals surface area (Å²) in [6.07, 6.45) is -13.4. The molecule has 1 saturated heterocycles. The molecular formula is C5F11NO. The third-order valence-electron chi connectivity index (χ3n) is 1.86. The second kappa shape index (κ2) is 3.37. The molecule has 0 aromatic rings. The van der Waals surface area contributed by atoms with E-state index in [2.05, 4.69) is 0 Å². The molecule has 0 radical (unpaired) electrons. The van der Waals surface area contributed by atoms with Crippen molar-refractivity contribution in [2.24, 2.45) is 0 Å². The first-order chi connectivity index (χ1) is 7.61. The van der Waals surface area contributed by atoms with Crippen LogP contribution in [-0.2, 0) is 4.74 Å². The van der Waals surface area contributed by atoms with E-state index in [1.54, 1.807) is 0 Å². The molecule has 1 fully saturated rings. The fourth-order valence-electron chi connectivity index (χ4n) is 0.945. The fraction of sp³-hybridized carbons (Fsp3) is 1.00. The minimum absolute atomic E-state index is 1.82. The fourth-order valence-corrected chi connectivity index (χ4v) is 0.945. The van der Waals surface area contributed by atoms with Gasteiger partial charge in [-0.1, -0.05) is 0 Å². The SMILES string of the molecule is FN1C(F)(F)C(F)(F)OC(F)(C(F)(F)F)C1(F)F. The Morgan fingerprint density at radius 3 is 1.50 bits per heavy atom. The quantitative estimate of drug-likeness (QED) is 0.387. The van der Waals surface area contributed by atoms with Gasteiger partial charge in [0.2, 0.25) is 0 Å². The molecule has 1 heterocycles. The van der Waals surface area contributed by atoms with Crippen LogP contribution in [0.25, 0.3) is 0 Å². The van der Waals surface area contributed by atoms with Gasteiger partial charge >= 0.3 is 30.2 Å². The minimum atomic E-state index is -6.89. The lowest BCUT2D eigenvalue weighted by molar-refractivity contribution is -0.594. The van der Waals surface area contributed by atoms with Gasteiger partial charge in [0.15, 0.2) is 0 Å². The second-order valence-corrected chi connectivity index (χ2v) is 3.08. The third-order valence-corrected chi connectivity index (χ3v) is 1.86. The Morgan fingerprint density at radius 2 is 1.17 bits per heavy atom. The number of alkyl halides is 10. The van der Waals surface area contributed by atoms with E-state index in [1.807, 2.05) is 4.74 Å². The lowest BCUT2D eigenvalue weighted by Gasteiger charge is -2.46. The molecule has 108 valence electrons. The highest BCUT2D eigenvalue weighted by Crippen LogP contribution is 2.59. The first kappa shape index (κ1) is 15.2. The van der Waals surface area contributed by atoms with Gasteiger partial charge in [0.25, 0.3) is 0 Å². The Kier molecular flexibility index (Phi) is 2.85. The van der Waals surface area contributed by atoms with Crippen molar-refractivity contribution in [3.8, 4) is 0 Å². The summed E-state index contributed by atoms with van der Waals surface area (Å²) in [5, 5.41) is -3.52. The zero-order chi connectivity index (χ0) is 14.8. The van der Waals surface area contributed by atoms with E-state index in [4.69, 9.17) is 0 Å². The molecule has 18 heavy (non-hydrogen) atoms. The maximum Gasteiger partial charge on any atom is 0.456 e. The van der Waals surface area contributed by atoms with Crippen molar-refractivity contribution in [1.82, 2.24) is 5.12 Å². The van der Waals surface area contributed by atoms with E-state index in [-0.39, 0.29) is 0 Å². The van der Waals surface area contributed by atoms with Crippen LogP contribution in [0.1, 0.15) is 0 Å². The first-order valence-corrected chi connectivity index (χ1v) is 3.66. The number of morpholine rings is 1.